The van der Waals surface area contributed by atoms with Crippen LogP contribution in [0.4, 0.5) is 0 Å². The molecular weight excluding hydrogens is 236 g/mol. The van der Waals surface area contributed by atoms with E-state index in [0.717, 1.165) is 17.8 Å². The summed E-state index contributed by atoms with van der Waals surface area (Å²) in [6, 6.07) is 8.19. The largest absolute Gasteiger partial charge is 0.308 e. The second-order valence-electron chi connectivity index (χ2n) is 5.79. The summed E-state index contributed by atoms with van der Waals surface area (Å²) in [5.41, 5.74) is 2.63. The molecule has 0 aromatic heterocycles. The molecule has 19 heavy (non-hydrogen) atoms. The number of carbonyl (C=O) groups excluding carboxylic acids is 1. The molecule has 1 heterocycles. The van der Waals surface area contributed by atoms with E-state index < -0.39 is 0 Å². The number of hydrogen-bond acceptors (Lipinski definition) is 2. The van der Waals surface area contributed by atoms with Gasteiger partial charge in [0.25, 0.3) is 5.91 Å². The van der Waals surface area contributed by atoms with Crippen molar-refractivity contribution in [1.82, 2.24) is 5.32 Å². The van der Waals surface area contributed by atoms with Crippen LogP contribution in [-0.4, -0.2) is 11.7 Å². The second-order valence-corrected chi connectivity index (χ2v) is 5.79. The Kier molecular flexibility index (Phi) is 3.56. The number of carbonyl (C=O) groups is 1. The van der Waals surface area contributed by atoms with Crippen molar-refractivity contribution in [3.8, 4) is 0 Å². The molecule has 0 saturated carbocycles. The quantitative estimate of drug-likeness (QED) is 0.811. The highest BCUT2D eigenvalue weighted by atomic mass is 16.2. The highest BCUT2D eigenvalue weighted by Gasteiger charge is 2.28. The third-order valence-corrected chi connectivity index (χ3v) is 3.10. The fraction of sp³-hybridized carbons (Fsp3) is 0.375. The lowest BCUT2D eigenvalue weighted by molar-refractivity contribution is -0.115. The Morgan fingerprint density at radius 1 is 1.21 bits per heavy atom. The van der Waals surface area contributed by atoms with Gasteiger partial charge >= 0.3 is 0 Å². The number of nitrogens with zero attached hydrogens (tertiary/aromatic N) is 1. The fourth-order valence-corrected chi connectivity index (χ4v) is 1.83. The maximum atomic E-state index is 11.9. The van der Waals surface area contributed by atoms with Crippen molar-refractivity contribution < 1.29 is 4.79 Å². The number of rotatable bonds is 2. The van der Waals surface area contributed by atoms with Gasteiger partial charge in [-0.15, -0.1) is 0 Å². The topological polar surface area (TPSA) is 41.5 Å². The monoisotopic (exact) mass is 256 g/mol. The average Bonchev–Trinajstić information content (AvgIpc) is 2.72. The fourth-order valence-electron chi connectivity index (χ4n) is 1.83. The van der Waals surface area contributed by atoms with Crippen molar-refractivity contribution in [2.24, 2.45) is 10.4 Å². The molecule has 1 aliphatic rings. The molecular formula is C16H20N2O. The van der Waals surface area contributed by atoms with Crippen LogP contribution in [0.25, 0.3) is 6.08 Å². The van der Waals surface area contributed by atoms with Gasteiger partial charge in [0.1, 0.15) is 11.5 Å². The Hall–Kier alpha value is -1.90. The minimum absolute atomic E-state index is 0.121. The minimum atomic E-state index is -0.142. The molecule has 100 valence electrons. The van der Waals surface area contributed by atoms with E-state index in [9.17, 15) is 4.79 Å². The maximum Gasteiger partial charge on any atom is 0.275 e. The van der Waals surface area contributed by atoms with E-state index in [-0.39, 0.29) is 11.3 Å². The van der Waals surface area contributed by atoms with Crippen LogP contribution in [0.1, 0.15) is 38.8 Å². The van der Waals surface area contributed by atoms with Gasteiger partial charge in [-0.1, -0.05) is 52.0 Å². The SMILES string of the molecule is CCc1ccc(/C=C2/N=C(C(C)(C)C)NC2=O)cc1. The standard InChI is InChI=1S/C16H20N2O/c1-5-11-6-8-12(9-7-11)10-13-14(19)18-15(17-13)16(2,3)4/h6-10H,5H2,1-4H3,(H,17,18,19)/b13-10+. The molecule has 0 fully saturated rings. The summed E-state index contributed by atoms with van der Waals surface area (Å²) in [6.07, 6.45) is 2.84. The highest BCUT2D eigenvalue weighted by Crippen LogP contribution is 2.21. The number of benzene rings is 1. The Balaban J connectivity index is 2.27. The van der Waals surface area contributed by atoms with Gasteiger partial charge in [-0.2, -0.15) is 0 Å². The first-order chi connectivity index (χ1) is 8.90. The molecule has 3 heteroatoms. The van der Waals surface area contributed by atoms with Gasteiger partial charge in [0.2, 0.25) is 0 Å². The first kappa shape index (κ1) is 13.5. The van der Waals surface area contributed by atoms with Gasteiger partial charge in [0.15, 0.2) is 0 Å². The predicted molar refractivity (Wildman–Crippen MR) is 78.8 cm³/mol. The Morgan fingerprint density at radius 3 is 2.32 bits per heavy atom. The molecule has 1 N–H and O–H groups in total. The van der Waals surface area contributed by atoms with Gasteiger partial charge in [0.05, 0.1) is 0 Å². The summed E-state index contributed by atoms with van der Waals surface area (Å²) >= 11 is 0. The number of nitrogens with one attached hydrogen (secondary N) is 1. The van der Waals surface area contributed by atoms with E-state index in [1.165, 1.54) is 5.56 Å². The van der Waals surface area contributed by atoms with Crippen LogP contribution in [0, 0.1) is 5.41 Å². The zero-order valence-corrected chi connectivity index (χ0v) is 11.9. The summed E-state index contributed by atoms with van der Waals surface area (Å²) in [5.74, 6) is 0.610. The van der Waals surface area contributed by atoms with Gasteiger partial charge < -0.3 is 5.32 Å². The lowest BCUT2D eigenvalue weighted by Crippen LogP contribution is -2.34. The summed E-state index contributed by atoms with van der Waals surface area (Å²) in [6.45, 7) is 8.22. The van der Waals surface area contributed by atoms with Crippen molar-refractivity contribution in [1.29, 1.82) is 0 Å². The summed E-state index contributed by atoms with van der Waals surface area (Å²) in [4.78, 5) is 16.3. The Bertz CT molecular complexity index is 545. The Labute approximate surface area is 114 Å². The van der Waals surface area contributed by atoms with E-state index in [1.54, 1.807) is 0 Å². The number of hydrogen-bond donors (Lipinski definition) is 1. The summed E-state index contributed by atoms with van der Waals surface area (Å²) in [5, 5.41) is 2.83. The second kappa shape index (κ2) is 5.00. The van der Waals surface area contributed by atoms with Crippen LogP contribution in [0.5, 0.6) is 0 Å². The smallest absolute Gasteiger partial charge is 0.275 e. The van der Waals surface area contributed by atoms with Crippen molar-refractivity contribution in [3.05, 3.63) is 41.1 Å². The molecule has 3 nitrogen and oxygen atoms in total. The number of amidine groups is 1. The first-order valence-corrected chi connectivity index (χ1v) is 6.61. The van der Waals surface area contributed by atoms with E-state index in [2.05, 4.69) is 29.4 Å². The third-order valence-electron chi connectivity index (χ3n) is 3.10. The zero-order chi connectivity index (χ0) is 14.0. The van der Waals surface area contributed by atoms with Gasteiger partial charge in [-0.3, -0.25) is 4.79 Å². The normalized spacial score (nSPS) is 17.6. The molecule has 0 atom stereocenters. The molecule has 1 amide bonds. The number of aryl methyl sites for hydroxylation is 1. The lowest BCUT2D eigenvalue weighted by Gasteiger charge is -2.16. The van der Waals surface area contributed by atoms with Crippen molar-refractivity contribution >= 4 is 17.8 Å². The lowest BCUT2D eigenvalue weighted by atomic mass is 9.95. The van der Waals surface area contributed by atoms with Crippen LogP contribution >= 0.6 is 0 Å². The van der Waals surface area contributed by atoms with Crippen LogP contribution in [0.15, 0.2) is 35.0 Å². The number of amides is 1. The maximum absolute atomic E-state index is 11.9. The predicted octanol–water partition coefficient (Wildman–Crippen LogP) is 3.16. The van der Waals surface area contributed by atoms with Crippen molar-refractivity contribution in [2.45, 2.75) is 34.1 Å². The zero-order valence-electron chi connectivity index (χ0n) is 11.9. The molecule has 0 aliphatic carbocycles. The van der Waals surface area contributed by atoms with Gasteiger partial charge in [-0.05, 0) is 23.6 Å². The molecule has 0 bridgehead atoms. The van der Waals surface area contributed by atoms with Gasteiger partial charge in [0, 0.05) is 5.41 Å². The molecule has 2 rings (SSSR count). The van der Waals surface area contributed by atoms with Crippen LogP contribution in [0.2, 0.25) is 0 Å². The van der Waals surface area contributed by atoms with E-state index in [4.69, 9.17) is 0 Å². The van der Waals surface area contributed by atoms with E-state index >= 15 is 0 Å². The van der Waals surface area contributed by atoms with Crippen LogP contribution in [-0.2, 0) is 11.2 Å². The number of aliphatic imine (C=N–C) groups is 1. The van der Waals surface area contributed by atoms with Crippen LogP contribution < -0.4 is 5.32 Å². The van der Waals surface area contributed by atoms with Crippen molar-refractivity contribution in [3.63, 3.8) is 0 Å². The first-order valence-electron chi connectivity index (χ1n) is 6.61. The van der Waals surface area contributed by atoms with E-state index in [0.29, 0.717) is 5.70 Å². The van der Waals surface area contributed by atoms with Gasteiger partial charge in [-0.25, -0.2) is 4.99 Å². The van der Waals surface area contributed by atoms with E-state index in [1.807, 2.05) is 39.0 Å². The molecule has 0 saturated heterocycles. The minimum Gasteiger partial charge on any atom is -0.308 e. The summed E-state index contributed by atoms with van der Waals surface area (Å²) < 4.78 is 0. The molecule has 1 aromatic carbocycles. The van der Waals surface area contributed by atoms with Crippen LogP contribution in [0.3, 0.4) is 0 Å². The van der Waals surface area contributed by atoms with Crippen molar-refractivity contribution in [2.75, 3.05) is 0 Å². The Morgan fingerprint density at radius 2 is 1.84 bits per heavy atom. The average molecular weight is 256 g/mol. The summed E-state index contributed by atoms with van der Waals surface area (Å²) in [7, 11) is 0. The molecule has 0 spiro atoms. The molecule has 1 aliphatic heterocycles. The highest BCUT2D eigenvalue weighted by molar-refractivity contribution is 6.15. The third kappa shape index (κ3) is 3.11. The molecule has 0 radical (unpaired) electrons. The molecule has 0 unspecified atom stereocenters. The molecule has 1 aromatic rings.